The average molecular weight is 753 g/mol. The highest BCUT2D eigenvalue weighted by atomic mass is 16.5. The fraction of sp³-hybridized carbons (Fsp3) is 0.574. The summed E-state index contributed by atoms with van der Waals surface area (Å²) in [6, 6.07) is 8.98. The normalized spacial score (nSPS) is 25.6. The third kappa shape index (κ3) is 8.94. The number of ketones is 1. The summed E-state index contributed by atoms with van der Waals surface area (Å²) in [7, 11) is 0. The molecule has 3 fully saturated rings. The SMILES string of the molecule is C#Cc1c(CC)ccc2c(OC3CC(C(=C)CC4(C(C)=O)CC4CC)C(C(=C)C(CC(=C)CC4CCCC4)C(C)(C)C)C3)cc(C3=CCC(CC(C)C)=C3)cc12. The molecule has 0 heterocycles. The second-order valence-electron chi connectivity index (χ2n) is 20.0. The second-order valence-corrected chi connectivity index (χ2v) is 20.0. The minimum absolute atomic E-state index is 0.0153. The molecule has 0 spiro atoms. The molecule has 3 saturated carbocycles. The van der Waals surface area contributed by atoms with Crippen LogP contribution in [0.15, 0.2) is 78.4 Å². The summed E-state index contributed by atoms with van der Waals surface area (Å²) in [5.41, 5.74) is 9.79. The van der Waals surface area contributed by atoms with Crippen LogP contribution >= 0.6 is 0 Å². The standard InChI is InChI=1S/C54H72O2/c1-13-41-22-23-47-50(46(41)15-3)28-43(42-21-20-40(27-42)24-34(4)5)29-52(47)56-45-30-48(36(7)32-54(38(9)55)33-44(54)14-2)49(31-45)37(8)51(53(10,11)12)26-35(6)25-39-18-16-17-19-39/h3,21-23,27-29,34,39,44-45,48-49,51H,6-8,13-14,16-20,24-26,30-33H2,1-2,4-5,9-12H3. The molecule has 6 unspecified atom stereocenters. The molecule has 0 N–H and O–H groups in total. The lowest BCUT2D eigenvalue weighted by Crippen LogP contribution is -2.29. The van der Waals surface area contributed by atoms with Gasteiger partial charge in [-0.2, -0.15) is 0 Å². The van der Waals surface area contributed by atoms with Crippen molar-refractivity contribution >= 4 is 22.1 Å². The number of hydrogen-bond acceptors (Lipinski definition) is 2. The number of aryl methyl sites for hydroxylation is 1. The van der Waals surface area contributed by atoms with E-state index in [-0.39, 0.29) is 28.8 Å². The van der Waals surface area contributed by atoms with E-state index in [1.807, 2.05) is 0 Å². The molecule has 0 aromatic heterocycles. The Balaban J connectivity index is 1.35. The van der Waals surface area contributed by atoms with Gasteiger partial charge in [0.05, 0.1) is 6.10 Å². The summed E-state index contributed by atoms with van der Waals surface area (Å²) in [5.74, 6) is 6.90. The van der Waals surface area contributed by atoms with Gasteiger partial charge >= 0.3 is 0 Å². The Kier molecular flexibility index (Phi) is 12.8. The quantitative estimate of drug-likeness (QED) is 0.119. The predicted octanol–water partition coefficient (Wildman–Crippen LogP) is 14.6. The number of fused-ring (bicyclic) bond motifs is 1. The second kappa shape index (κ2) is 17.1. The van der Waals surface area contributed by atoms with Gasteiger partial charge < -0.3 is 4.74 Å². The Morgan fingerprint density at radius 2 is 1.75 bits per heavy atom. The van der Waals surface area contributed by atoms with Crippen LogP contribution in [0.3, 0.4) is 0 Å². The van der Waals surface area contributed by atoms with Gasteiger partial charge in [-0.3, -0.25) is 4.79 Å². The minimum atomic E-state index is -0.250. The molecule has 300 valence electrons. The van der Waals surface area contributed by atoms with Crippen LogP contribution in [0.5, 0.6) is 5.75 Å². The molecule has 0 saturated heterocycles. The summed E-state index contributed by atoms with van der Waals surface area (Å²) >= 11 is 0. The largest absolute Gasteiger partial charge is 0.490 e. The molecule has 0 radical (unpaired) electrons. The molecule has 0 bridgehead atoms. The summed E-state index contributed by atoms with van der Waals surface area (Å²) in [6.45, 7) is 32.4. The van der Waals surface area contributed by atoms with Crippen molar-refractivity contribution in [2.75, 3.05) is 0 Å². The molecule has 4 aliphatic carbocycles. The summed E-state index contributed by atoms with van der Waals surface area (Å²) < 4.78 is 7.30. The van der Waals surface area contributed by atoms with Gasteiger partial charge in [-0.25, -0.2) is 0 Å². The smallest absolute Gasteiger partial charge is 0.136 e. The number of ether oxygens (including phenoxy) is 1. The Morgan fingerprint density at radius 3 is 2.36 bits per heavy atom. The zero-order valence-corrected chi connectivity index (χ0v) is 36.4. The van der Waals surface area contributed by atoms with Gasteiger partial charge in [-0.15, -0.1) is 6.42 Å². The Labute approximate surface area is 341 Å². The molecule has 0 aliphatic heterocycles. The van der Waals surface area contributed by atoms with Crippen molar-refractivity contribution in [1.82, 2.24) is 0 Å². The topological polar surface area (TPSA) is 26.3 Å². The third-order valence-corrected chi connectivity index (χ3v) is 14.5. The third-order valence-electron chi connectivity index (χ3n) is 14.5. The van der Waals surface area contributed by atoms with Crippen molar-refractivity contribution in [3.05, 3.63) is 95.1 Å². The fourth-order valence-electron chi connectivity index (χ4n) is 11.2. The number of Topliss-reactive ketones (excluding diaryl/α,β-unsaturated/α-hetero) is 1. The van der Waals surface area contributed by atoms with Crippen LogP contribution in [0, 0.1) is 58.7 Å². The first kappa shape index (κ1) is 42.0. The van der Waals surface area contributed by atoms with Crippen molar-refractivity contribution in [1.29, 1.82) is 0 Å². The van der Waals surface area contributed by atoms with Gasteiger partial charge in [-0.1, -0.05) is 153 Å². The van der Waals surface area contributed by atoms with E-state index in [0.717, 1.165) is 92.2 Å². The van der Waals surface area contributed by atoms with E-state index in [2.05, 4.69) is 97.4 Å². The molecule has 6 rings (SSSR count). The predicted molar refractivity (Wildman–Crippen MR) is 240 cm³/mol. The number of carbonyl (C=O) groups excluding carboxylic acids is 1. The zero-order valence-electron chi connectivity index (χ0n) is 36.4. The first-order valence-corrected chi connectivity index (χ1v) is 22.2. The number of allylic oxidation sites excluding steroid dienone is 7. The molecule has 6 atom stereocenters. The van der Waals surface area contributed by atoms with Crippen molar-refractivity contribution in [3.8, 4) is 18.1 Å². The van der Waals surface area contributed by atoms with Crippen molar-refractivity contribution < 1.29 is 9.53 Å². The molecule has 2 nitrogen and oxygen atoms in total. The first-order valence-electron chi connectivity index (χ1n) is 22.2. The highest BCUT2D eigenvalue weighted by molar-refractivity contribution is 5.97. The van der Waals surface area contributed by atoms with E-state index in [9.17, 15) is 4.79 Å². The number of hydrogen-bond donors (Lipinski definition) is 0. The molecular formula is C54H72O2. The zero-order chi connectivity index (χ0) is 40.5. The van der Waals surface area contributed by atoms with Crippen LogP contribution < -0.4 is 4.74 Å². The van der Waals surface area contributed by atoms with Crippen LogP contribution in [0.4, 0.5) is 0 Å². The summed E-state index contributed by atoms with van der Waals surface area (Å²) in [4.78, 5) is 13.2. The van der Waals surface area contributed by atoms with Crippen molar-refractivity contribution in [2.45, 2.75) is 151 Å². The molecular weight excluding hydrogens is 681 g/mol. The highest BCUT2D eigenvalue weighted by Gasteiger charge is 2.57. The summed E-state index contributed by atoms with van der Waals surface area (Å²) in [6.07, 6.45) is 26.1. The number of terminal acetylenes is 1. The van der Waals surface area contributed by atoms with Gasteiger partial charge in [0.15, 0.2) is 0 Å². The van der Waals surface area contributed by atoms with Crippen LogP contribution in [0.1, 0.15) is 156 Å². The van der Waals surface area contributed by atoms with Crippen LogP contribution in [-0.4, -0.2) is 11.9 Å². The maximum atomic E-state index is 13.2. The lowest BCUT2D eigenvalue weighted by atomic mass is 9.67. The van der Waals surface area contributed by atoms with Gasteiger partial charge in [-0.05, 0) is 134 Å². The maximum absolute atomic E-state index is 13.2. The number of rotatable bonds is 17. The van der Waals surface area contributed by atoms with Crippen LogP contribution in [0.2, 0.25) is 0 Å². The minimum Gasteiger partial charge on any atom is -0.490 e. The Morgan fingerprint density at radius 1 is 1.04 bits per heavy atom. The van der Waals surface area contributed by atoms with E-state index < -0.39 is 0 Å². The lowest BCUT2D eigenvalue weighted by molar-refractivity contribution is -0.122. The molecule has 56 heavy (non-hydrogen) atoms. The van der Waals surface area contributed by atoms with Gasteiger partial charge in [0.2, 0.25) is 0 Å². The van der Waals surface area contributed by atoms with Crippen LogP contribution in [0.25, 0.3) is 16.3 Å². The molecule has 2 heteroatoms. The van der Waals surface area contributed by atoms with E-state index in [1.54, 1.807) is 6.92 Å². The molecule has 4 aliphatic rings. The van der Waals surface area contributed by atoms with E-state index in [0.29, 0.717) is 23.5 Å². The number of carbonyl (C=O) groups is 1. The Hall–Kier alpha value is -3.57. The monoisotopic (exact) mass is 753 g/mol. The maximum Gasteiger partial charge on any atom is 0.136 e. The molecule has 2 aromatic rings. The van der Waals surface area contributed by atoms with Crippen molar-refractivity contribution in [2.24, 2.45) is 46.3 Å². The number of benzene rings is 2. The lowest BCUT2D eigenvalue weighted by Gasteiger charge is -2.38. The van der Waals surface area contributed by atoms with Gasteiger partial charge in [0, 0.05) is 21.8 Å². The van der Waals surface area contributed by atoms with Crippen molar-refractivity contribution in [3.63, 3.8) is 0 Å². The molecule has 0 amide bonds. The van der Waals surface area contributed by atoms with E-state index in [4.69, 9.17) is 24.3 Å². The van der Waals surface area contributed by atoms with E-state index >= 15 is 0 Å². The van der Waals surface area contributed by atoms with Gasteiger partial charge in [0.1, 0.15) is 11.5 Å². The van der Waals surface area contributed by atoms with E-state index in [1.165, 1.54) is 64.7 Å². The van der Waals surface area contributed by atoms with Crippen LogP contribution in [-0.2, 0) is 11.2 Å². The molecule has 2 aromatic carbocycles. The summed E-state index contributed by atoms with van der Waals surface area (Å²) in [5, 5.41) is 2.18. The average Bonchev–Trinajstić information content (AvgIpc) is 3.55. The fourth-order valence-corrected chi connectivity index (χ4v) is 11.2. The van der Waals surface area contributed by atoms with Gasteiger partial charge in [0.25, 0.3) is 0 Å². The first-order chi connectivity index (χ1) is 26.6. The highest BCUT2D eigenvalue weighted by Crippen LogP contribution is 2.61. The Bertz CT molecular complexity index is 1940.